The summed E-state index contributed by atoms with van der Waals surface area (Å²) in [7, 11) is 0. The molecule has 0 atom stereocenters. The highest BCUT2D eigenvalue weighted by Gasteiger charge is 2.16. The van der Waals surface area contributed by atoms with E-state index in [0.29, 0.717) is 47.3 Å². The number of carbonyl (C=O) groups is 1. The third-order valence-corrected chi connectivity index (χ3v) is 5.98. The van der Waals surface area contributed by atoms with E-state index < -0.39 is 0 Å². The van der Waals surface area contributed by atoms with Crippen molar-refractivity contribution in [1.82, 2.24) is 14.9 Å². The molecule has 4 rings (SSSR count). The van der Waals surface area contributed by atoms with E-state index in [1.807, 2.05) is 13.0 Å². The summed E-state index contributed by atoms with van der Waals surface area (Å²) in [5, 5.41) is 11.5. The molecule has 0 aliphatic carbocycles. The van der Waals surface area contributed by atoms with Crippen molar-refractivity contribution in [2.75, 3.05) is 30.1 Å². The molecule has 1 aromatic heterocycles. The first-order chi connectivity index (χ1) is 15.9. The summed E-state index contributed by atoms with van der Waals surface area (Å²) in [5.41, 5.74) is 2.87. The number of hydrogen-bond donors (Lipinski definition) is 2. The van der Waals surface area contributed by atoms with Gasteiger partial charge >= 0.3 is 0 Å². The van der Waals surface area contributed by atoms with Crippen molar-refractivity contribution in [3.05, 3.63) is 53.3 Å². The van der Waals surface area contributed by atoms with Crippen LogP contribution in [0.25, 0.3) is 0 Å². The van der Waals surface area contributed by atoms with Crippen molar-refractivity contribution in [2.45, 2.75) is 38.5 Å². The van der Waals surface area contributed by atoms with Crippen LogP contribution >= 0.6 is 11.8 Å². The zero-order valence-corrected chi connectivity index (χ0v) is 19.6. The number of ether oxygens (including phenoxy) is 3. The first-order valence-electron chi connectivity index (χ1n) is 10.7. The van der Waals surface area contributed by atoms with Gasteiger partial charge in [-0.25, -0.2) is 4.68 Å². The number of thioether (sulfide) groups is 1. The first-order valence-corrected chi connectivity index (χ1v) is 11.6. The fourth-order valence-electron chi connectivity index (χ4n) is 3.34. The Labute approximate surface area is 196 Å². The average Bonchev–Trinajstić information content (AvgIpc) is 3.15. The number of nitrogens with one attached hydrogen (secondary N) is 1. The van der Waals surface area contributed by atoms with Gasteiger partial charge in [0.1, 0.15) is 25.6 Å². The Morgan fingerprint density at radius 2 is 1.97 bits per heavy atom. The lowest BCUT2D eigenvalue weighted by Gasteiger charge is -2.18. The minimum atomic E-state index is -0.196. The minimum absolute atomic E-state index is 0.125. The molecule has 9 nitrogen and oxygen atoms in total. The first kappa shape index (κ1) is 22.8. The average molecular weight is 470 g/mol. The zero-order chi connectivity index (χ0) is 23.4. The molecular weight excluding hydrogens is 442 g/mol. The molecule has 3 aromatic rings. The normalized spacial score (nSPS) is 12.6. The number of carbonyl (C=O) groups excluding carboxylic acids is 1. The second-order valence-electron chi connectivity index (χ2n) is 7.95. The van der Waals surface area contributed by atoms with Crippen LogP contribution < -0.4 is 25.4 Å². The summed E-state index contributed by atoms with van der Waals surface area (Å²) in [4.78, 5) is 12.4. The summed E-state index contributed by atoms with van der Waals surface area (Å²) in [5.74, 6) is 8.97. The monoisotopic (exact) mass is 469 g/mol. The van der Waals surface area contributed by atoms with Crippen LogP contribution in [0.4, 0.5) is 5.69 Å². The van der Waals surface area contributed by atoms with Gasteiger partial charge < -0.3 is 25.4 Å². The predicted molar refractivity (Wildman–Crippen MR) is 127 cm³/mol. The SMILES string of the molecule is Cc1ccc(C(C)C)c(OCc2nnc(SCC(=O)Nc3ccc4c(c3)OCCO4)n2N)c1. The van der Waals surface area contributed by atoms with E-state index in [1.165, 1.54) is 16.4 Å². The number of anilines is 1. The summed E-state index contributed by atoms with van der Waals surface area (Å²) in [6.07, 6.45) is 0. The fraction of sp³-hybridized carbons (Fsp3) is 0.348. The van der Waals surface area contributed by atoms with E-state index in [4.69, 9.17) is 20.1 Å². The molecule has 0 spiro atoms. The smallest absolute Gasteiger partial charge is 0.234 e. The number of rotatable bonds is 8. The summed E-state index contributed by atoms with van der Waals surface area (Å²) in [6.45, 7) is 7.44. The maximum Gasteiger partial charge on any atom is 0.234 e. The Morgan fingerprint density at radius 3 is 2.76 bits per heavy atom. The van der Waals surface area contributed by atoms with Gasteiger partial charge in [0.15, 0.2) is 17.3 Å². The number of hydrogen-bond acceptors (Lipinski definition) is 8. The summed E-state index contributed by atoms with van der Waals surface area (Å²) >= 11 is 1.20. The maximum atomic E-state index is 12.4. The number of aryl methyl sites for hydroxylation is 1. The molecule has 0 saturated carbocycles. The van der Waals surface area contributed by atoms with Gasteiger partial charge in [-0.2, -0.15) is 0 Å². The highest BCUT2D eigenvalue weighted by Crippen LogP contribution is 2.33. The van der Waals surface area contributed by atoms with Gasteiger partial charge in [-0.15, -0.1) is 10.2 Å². The molecule has 0 bridgehead atoms. The van der Waals surface area contributed by atoms with Gasteiger partial charge in [-0.1, -0.05) is 37.7 Å². The van der Waals surface area contributed by atoms with Gasteiger partial charge in [-0.3, -0.25) is 4.79 Å². The molecule has 0 radical (unpaired) electrons. The maximum absolute atomic E-state index is 12.4. The van der Waals surface area contributed by atoms with Crippen molar-refractivity contribution in [3.8, 4) is 17.2 Å². The second-order valence-corrected chi connectivity index (χ2v) is 8.89. The lowest BCUT2D eigenvalue weighted by Crippen LogP contribution is -2.19. The van der Waals surface area contributed by atoms with Gasteiger partial charge in [0.2, 0.25) is 11.1 Å². The number of nitrogens with zero attached hydrogens (tertiary/aromatic N) is 3. The highest BCUT2D eigenvalue weighted by molar-refractivity contribution is 7.99. The molecule has 33 heavy (non-hydrogen) atoms. The van der Waals surface area contributed by atoms with Crippen molar-refractivity contribution in [2.24, 2.45) is 0 Å². The molecular formula is C23H27N5O4S. The van der Waals surface area contributed by atoms with E-state index in [2.05, 4.69) is 41.5 Å². The third kappa shape index (κ3) is 5.51. The number of amides is 1. The standard InChI is InChI=1S/C23H27N5O4S/c1-14(2)17-6-4-15(3)10-19(17)32-12-21-26-27-23(28(21)24)33-13-22(29)25-16-5-7-18-20(11-16)31-9-8-30-18/h4-7,10-11,14H,8-9,12-13,24H2,1-3H3,(H,25,29). The molecule has 0 unspecified atom stereocenters. The molecule has 1 aliphatic heterocycles. The van der Waals surface area contributed by atoms with Crippen molar-refractivity contribution >= 4 is 23.4 Å². The van der Waals surface area contributed by atoms with Crippen LogP contribution in [0, 0.1) is 6.92 Å². The topological polar surface area (TPSA) is 114 Å². The van der Waals surface area contributed by atoms with Crippen LogP contribution in [-0.4, -0.2) is 39.7 Å². The molecule has 1 amide bonds. The second kappa shape index (κ2) is 10.0. The van der Waals surface area contributed by atoms with Crippen molar-refractivity contribution in [3.63, 3.8) is 0 Å². The lowest BCUT2D eigenvalue weighted by atomic mass is 10.0. The Hall–Kier alpha value is -3.40. The van der Waals surface area contributed by atoms with Crippen molar-refractivity contribution < 1.29 is 19.0 Å². The Morgan fingerprint density at radius 1 is 1.18 bits per heavy atom. The molecule has 0 fully saturated rings. The molecule has 0 saturated heterocycles. The van der Waals surface area contributed by atoms with Crippen LogP contribution in [0.3, 0.4) is 0 Å². The van der Waals surface area contributed by atoms with Crippen LogP contribution in [0.1, 0.15) is 36.7 Å². The third-order valence-electron chi connectivity index (χ3n) is 5.04. The lowest BCUT2D eigenvalue weighted by molar-refractivity contribution is -0.113. The van der Waals surface area contributed by atoms with E-state index in [-0.39, 0.29) is 18.3 Å². The van der Waals surface area contributed by atoms with Crippen LogP contribution in [-0.2, 0) is 11.4 Å². The van der Waals surface area contributed by atoms with E-state index in [0.717, 1.165) is 16.9 Å². The minimum Gasteiger partial charge on any atom is -0.486 e. The number of aromatic nitrogens is 3. The Balaban J connectivity index is 1.33. The van der Waals surface area contributed by atoms with Crippen LogP contribution in [0.5, 0.6) is 17.2 Å². The molecule has 2 aromatic carbocycles. The predicted octanol–water partition coefficient (Wildman–Crippen LogP) is 3.50. The van der Waals surface area contributed by atoms with Crippen LogP contribution in [0.15, 0.2) is 41.6 Å². The number of nitrogen functional groups attached to an aromatic ring is 1. The molecule has 1 aliphatic rings. The quantitative estimate of drug-likeness (QED) is 0.381. The van der Waals surface area contributed by atoms with E-state index in [9.17, 15) is 4.79 Å². The largest absolute Gasteiger partial charge is 0.486 e. The molecule has 3 N–H and O–H groups in total. The Kier molecular flexibility index (Phi) is 6.93. The van der Waals surface area contributed by atoms with Gasteiger partial charge in [0, 0.05) is 11.8 Å². The summed E-state index contributed by atoms with van der Waals surface area (Å²) in [6, 6.07) is 11.4. The molecule has 10 heteroatoms. The zero-order valence-electron chi connectivity index (χ0n) is 18.8. The molecule has 174 valence electrons. The number of benzene rings is 2. The van der Waals surface area contributed by atoms with Gasteiger partial charge in [0.25, 0.3) is 0 Å². The number of nitrogens with two attached hydrogens (primary N) is 1. The fourth-order valence-corrected chi connectivity index (χ4v) is 4.01. The Bertz CT molecular complexity index is 1150. The van der Waals surface area contributed by atoms with E-state index in [1.54, 1.807) is 18.2 Å². The molecule has 2 heterocycles. The van der Waals surface area contributed by atoms with Gasteiger partial charge in [-0.05, 0) is 42.2 Å². The summed E-state index contributed by atoms with van der Waals surface area (Å²) < 4.78 is 18.4. The highest BCUT2D eigenvalue weighted by atomic mass is 32.2. The van der Waals surface area contributed by atoms with Crippen molar-refractivity contribution in [1.29, 1.82) is 0 Å². The van der Waals surface area contributed by atoms with Gasteiger partial charge in [0.05, 0.1) is 5.75 Å². The van der Waals surface area contributed by atoms with Crippen LogP contribution in [0.2, 0.25) is 0 Å². The number of fused-ring (bicyclic) bond motifs is 1. The van der Waals surface area contributed by atoms with E-state index >= 15 is 0 Å².